The van der Waals surface area contributed by atoms with E-state index < -0.39 is 0 Å². The third-order valence-corrected chi connectivity index (χ3v) is 9.43. The number of benzene rings is 7. The first-order chi connectivity index (χ1) is 24.3. The summed E-state index contributed by atoms with van der Waals surface area (Å²) in [6.45, 7) is 0. The molecule has 3 aromatic heterocycles. The fraction of sp³-hybridized carbons (Fsp3) is 0. The lowest BCUT2D eigenvalue weighted by Gasteiger charge is -2.14. The topological polar surface area (TPSA) is 64.7 Å². The molecule has 3 heterocycles. The SMILES string of the molecule is c1ccc(-c2nc(-c3ccc4ccccc4c3)nc(-c3ccc(-c4cccc5c4ccc4oc6cnccc6c45)c4ccccc34)n2)cc1. The summed E-state index contributed by atoms with van der Waals surface area (Å²) in [5.41, 5.74) is 6.80. The number of hydrogen-bond donors (Lipinski definition) is 0. The average molecular weight is 627 g/mol. The molecule has 0 aliphatic heterocycles. The van der Waals surface area contributed by atoms with Crippen molar-refractivity contribution >= 4 is 54.3 Å². The zero-order valence-corrected chi connectivity index (χ0v) is 26.2. The van der Waals surface area contributed by atoms with E-state index in [-0.39, 0.29) is 0 Å². The second-order valence-electron chi connectivity index (χ2n) is 12.3. The summed E-state index contributed by atoms with van der Waals surface area (Å²) in [7, 11) is 0. The van der Waals surface area contributed by atoms with Crippen LogP contribution in [0.1, 0.15) is 0 Å². The molecule has 10 aromatic rings. The van der Waals surface area contributed by atoms with E-state index in [1.54, 1.807) is 6.20 Å². The van der Waals surface area contributed by atoms with Gasteiger partial charge in [-0.15, -0.1) is 0 Å². The highest BCUT2D eigenvalue weighted by atomic mass is 16.3. The Hall–Kier alpha value is -6.72. The quantitative estimate of drug-likeness (QED) is 0.194. The molecule has 0 unspecified atom stereocenters. The third-order valence-electron chi connectivity index (χ3n) is 9.43. The molecular formula is C44H26N4O. The molecule has 5 heteroatoms. The molecule has 228 valence electrons. The molecule has 0 spiro atoms. The minimum absolute atomic E-state index is 0.637. The first-order valence-electron chi connectivity index (χ1n) is 16.3. The molecule has 0 atom stereocenters. The second kappa shape index (κ2) is 10.9. The lowest BCUT2D eigenvalue weighted by molar-refractivity contribution is 0.667. The Balaban J connectivity index is 1.19. The lowest BCUT2D eigenvalue weighted by Crippen LogP contribution is -2.01. The molecule has 5 nitrogen and oxygen atoms in total. The van der Waals surface area contributed by atoms with Gasteiger partial charge in [-0.1, -0.05) is 121 Å². The van der Waals surface area contributed by atoms with E-state index in [2.05, 4.69) is 114 Å². The molecule has 0 N–H and O–H groups in total. The second-order valence-corrected chi connectivity index (χ2v) is 12.3. The highest BCUT2D eigenvalue weighted by molar-refractivity contribution is 6.22. The van der Waals surface area contributed by atoms with Gasteiger partial charge >= 0.3 is 0 Å². The Morgan fingerprint density at radius 2 is 1.06 bits per heavy atom. The van der Waals surface area contributed by atoms with Gasteiger partial charge in [0.05, 0.1) is 6.20 Å². The van der Waals surface area contributed by atoms with Crippen molar-refractivity contribution in [1.29, 1.82) is 0 Å². The predicted molar refractivity (Wildman–Crippen MR) is 199 cm³/mol. The van der Waals surface area contributed by atoms with Gasteiger partial charge in [-0.2, -0.15) is 0 Å². The van der Waals surface area contributed by atoms with Crippen LogP contribution in [-0.4, -0.2) is 19.9 Å². The predicted octanol–water partition coefficient (Wildman–Crippen LogP) is 11.3. The van der Waals surface area contributed by atoms with Crippen molar-refractivity contribution < 1.29 is 4.42 Å². The van der Waals surface area contributed by atoms with E-state index in [0.29, 0.717) is 17.5 Å². The van der Waals surface area contributed by atoms with Crippen molar-refractivity contribution in [2.75, 3.05) is 0 Å². The van der Waals surface area contributed by atoms with Crippen molar-refractivity contribution in [3.05, 3.63) is 158 Å². The highest BCUT2D eigenvalue weighted by Gasteiger charge is 2.18. The summed E-state index contributed by atoms with van der Waals surface area (Å²) in [6, 6.07) is 50.5. The molecule has 0 saturated carbocycles. The van der Waals surface area contributed by atoms with Crippen molar-refractivity contribution in [3.63, 3.8) is 0 Å². The summed E-state index contributed by atoms with van der Waals surface area (Å²) in [4.78, 5) is 19.5. The molecule has 0 aliphatic carbocycles. The van der Waals surface area contributed by atoms with Crippen LogP contribution in [0.4, 0.5) is 0 Å². The molecule has 0 bridgehead atoms. The third kappa shape index (κ3) is 4.48. The first-order valence-corrected chi connectivity index (χ1v) is 16.3. The first kappa shape index (κ1) is 27.4. The molecule has 0 aliphatic rings. The summed E-state index contributed by atoms with van der Waals surface area (Å²) >= 11 is 0. The Labute approximate surface area is 281 Å². The van der Waals surface area contributed by atoms with Crippen LogP contribution < -0.4 is 0 Å². The summed E-state index contributed by atoms with van der Waals surface area (Å²) < 4.78 is 6.16. The molecule has 7 aromatic carbocycles. The van der Waals surface area contributed by atoms with Crippen LogP contribution in [0.5, 0.6) is 0 Å². The molecular weight excluding hydrogens is 601 g/mol. The fourth-order valence-corrected chi connectivity index (χ4v) is 7.12. The van der Waals surface area contributed by atoms with Crippen LogP contribution in [0.2, 0.25) is 0 Å². The minimum Gasteiger partial charge on any atom is -0.454 e. The number of hydrogen-bond acceptors (Lipinski definition) is 5. The van der Waals surface area contributed by atoms with E-state index in [4.69, 9.17) is 19.4 Å². The standard InChI is InChI=1S/C44H26N4O/c1-2-10-28(11-3-1)42-46-43(30-18-17-27-9-4-5-12-29(27)25-30)48-44(47-42)37-20-19-34(31-13-6-7-14-33(31)37)32-15-8-16-36-35(32)21-22-39-41(36)38-23-24-45-26-40(38)49-39/h1-26H. The maximum Gasteiger partial charge on any atom is 0.164 e. The maximum atomic E-state index is 6.16. The van der Waals surface area contributed by atoms with Crippen molar-refractivity contribution in [2.45, 2.75) is 0 Å². The minimum atomic E-state index is 0.637. The molecule has 10 rings (SSSR count). The molecule has 49 heavy (non-hydrogen) atoms. The monoisotopic (exact) mass is 626 g/mol. The van der Waals surface area contributed by atoms with Crippen LogP contribution in [-0.2, 0) is 0 Å². The lowest BCUT2D eigenvalue weighted by atomic mass is 9.91. The van der Waals surface area contributed by atoms with E-state index in [1.807, 2.05) is 42.6 Å². The van der Waals surface area contributed by atoms with Gasteiger partial charge in [-0.25, -0.2) is 15.0 Å². The van der Waals surface area contributed by atoms with Crippen LogP contribution in [0.15, 0.2) is 162 Å². The number of fused-ring (bicyclic) bond motifs is 7. The zero-order chi connectivity index (χ0) is 32.3. The van der Waals surface area contributed by atoms with Gasteiger partial charge < -0.3 is 4.42 Å². The van der Waals surface area contributed by atoms with Gasteiger partial charge in [0.2, 0.25) is 0 Å². The smallest absolute Gasteiger partial charge is 0.164 e. The van der Waals surface area contributed by atoms with Gasteiger partial charge in [0.1, 0.15) is 5.58 Å². The Bertz CT molecular complexity index is 2890. The largest absolute Gasteiger partial charge is 0.454 e. The number of nitrogens with zero attached hydrogens (tertiary/aromatic N) is 4. The van der Waals surface area contributed by atoms with E-state index >= 15 is 0 Å². The van der Waals surface area contributed by atoms with E-state index in [0.717, 1.165) is 76.7 Å². The van der Waals surface area contributed by atoms with Gasteiger partial charge in [0.15, 0.2) is 23.1 Å². The number of pyridine rings is 1. The Kier molecular flexibility index (Phi) is 6.11. The van der Waals surface area contributed by atoms with Crippen molar-refractivity contribution in [3.8, 4) is 45.3 Å². The summed E-state index contributed by atoms with van der Waals surface area (Å²) in [5, 5.41) is 9.02. The highest BCUT2D eigenvalue weighted by Crippen LogP contribution is 2.41. The van der Waals surface area contributed by atoms with E-state index in [9.17, 15) is 0 Å². The van der Waals surface area contributed by atoms with Gasteiger partial charge in [0.25, 0.3) is 0 Å². The van der Waals surface area contributed by atoms with Gasteiger partial charge in [0, 0.05) is 33.7 Å². The van der Waals surface area contributed by atoms with Crippen LogP contribution in [0, 0.1) is 0 Å². The molecule has 0 fully saturated rings. The zero-order valence-electron chi connectivity index (χ0n) is 26.2. The number of aromatic nitrogens is 4. The van der Waals surface area contributed by atoms with Gasteiger partial charge in [-0.05, 0) is 67.7 Å². The fourth-order valence-electron chi connectivity index (χ4n) is 7.12. The van der Waals surface area contributed by atoms with Crippen LogP contribution in [0.25, 0.3) is 99.5 Å². The Morgan fingerprint density at radius 3 is 1.94 bits per heavy atom. The van der Waals surface area contributed by atoms with Crippen LogP contribution in [0.3, 0.4) is 0 Å². The average Bonchev–Trinajstić information content (AvgIpc) is 3.57. The number of furan rings is 1. The summed E-state index contributed by atoms with van der Waals surface area (Å²) in [6.07, 6.45) is 3.61. The number of rotatable bonds is 4. The van der Waals surface area contributed by atoms with E-state index in [1.165, 1.54) is 5.39 Å². The maximum absolute atomic E-state index is 6.16. The molecule has 0 radical (unpaired) electrons. The molecule has 0 amide bonds. The van der Waals surface area contributed by atoms with Crippen LogP contribution >= 0.6 is 0 Å². The summed E-state index contributed by atoms with van der Waals surface area (Å²) in [5.74, 6) is 1.92. The molecule has 0 saturated heterocycles. The van der Waals surface area contributed by atoms with Crippen molar-refractivity contribution in [1.82, 2.24) is 19.9 Å². The normalized spacial score (nSPS) is 11.7. The van der Waals surface area contributed by atoms with Gasteiger partial charge in [-0.3, -0.25) is 4.98 Å². The van der Waals surface area contributed by atoms with Crippen molar-refractivity contribution in [2.24, 2.45) is 0 Å². The Morgan fingerprint density at radius 1 is 0.388 bits per heavy atom.